The molecule has 25 heavy (non-hydrogen) atoms. The van der Waals surface area contributed by atoms with Crippen molar-refractivity contribution in [3.63, 3.8) is 0 Å². The number of esters is 1. The van der Waals surface area contributed by atoms with Gasteiger partial charge in [-0.25, -0.2) is 4.79 Å². The molecule has 0 aromatic heterocycles. The molecule has 2 rings (SSSR count). The predicted octanol–water partition coefficient (Wildman–Crippen LogP) is 3.99. The van der Waals surface area contributed by atoms with Crippen molar-refractivity contribution < 1.29 is 19.1 Å². The maximum atomic E-state index is 12.3. The Kier molecular flexibility index (Phi) is 6.89. The van der Waals surface area contributed by atoms with Gasteiger partial charge in [0.15, 0.2) is 6.10 Å². The maximum absolute atomic E-state index is 12.3. The molecule has 0 saturated carbocycles. The highest BCUT2D eigenvalue weighted by molar-refractivity contribution is 7.98. The molecule has 0 spiro atoms. The normalized spacial score (nSPS) is 11.5. The van der Waals surface area contributed by atoms with Gasteiger partial charge >= 0.3 is 5.97 Å². The molecular formula is C19H21NO4S. The molecule has 0 aliphatic carbocycles. The van der Waals surface area contributed by atoms with Crippen molar-refractivity contribution in [2.75, 3.05) is 18.2 Å². The van der Waals surface area contributed by atoms with E-state index >= 15 is 0 Å². The zero-order valence-corrected chi connectivity index (χ0v) is 15.3. The molecule has 0 aliphatic heterocycles. The Balaban J connectivity index is 1.98. The number of amides is 1. The second-order valence-electron chi connectivity index (χ2n) is 5.19. The SMILES string of the molecule is CCOc1ccccc1NC(=O)[C@H](C)OC(=O)c1ccc(SC)cc1. The number of nitrogens with one attached hydrogen (secondary N) is 1. The van der Waals surface area contributed by atoms with Crippen LogP contribution in [0.25, 0.3) is 0 Å². The van der Waals surface area contributed by atoms with Crippen molar-refractivity contribution in [3.05, 3.63) is 54.1 Å². The monoisotopic (exact) mass is 359 g/mol. The second-order valence-corrected chi connectivity index (χ2v) is 6.07. The lowest BCUT2D eigenvalue weighted by atomic mass is 10.2. The van der Waals surface area contributed by atoms with E-state index in [-0.39, 0.29) is 0 Å². The Morgan fingerprint density at radius 3 is 2.44 bits per heavy atom. The van der Waals surface area contributed by atoms with Gasteiger partial charge in [-0.15, -0.1) is 11.8 Å². The molecule has 2 aromatic rings. The average Bonchev–Trinajstić information content (AvgIpc) is 2.63. The van der Waals surface area contributed by atoms with Crippen molar-refractivity contribution in [1.29, 1.82) is 0 Å². The number of rotatable bonds is 7. The minimum Gasteiger partial charge on any atom is -0.492 e. The Morgan fingerprint density at radius 1 is 1.12 bits per heavy atom. The summed E-state index contributed by atoms with van der Waals surface area (Å²) in [5, 5.41) is 2.73. The van der Waals surface area contributed by atoms with Crippen molar-refractivity contribution in [2.24, 2.45) is 0 Å². The lowest BCUT2D eigenvalue weighted by Crippen LogP contribution is -2.30. The Bertz CT molecular complexity index is 730. The van der Waals surface area contributed by atoms with Crippen LogP contribution in [0.4, 0.5) is 5.69 Å². The molecule has 132 valence electrons. The number of para-hydroxylation sites is 2. The zero-order chi connectivity index (χ0) is 18.2. The first-order valence-corrected chi connectivity index (χ1v) is 9.15. The van der Waals surface area contributed by atoms with Gasteiger partial charge in [-0.2, -0.15) is 0 Å². The molecule has 5 nitrogen and oxygen atoms in total. The van der Waals surface area contributed by atoms with E-state index in [4.69, 9.17) is 9.47 Å². The molecular weight excluding hydrogens is 338 g/mol. The first kappa shape index (κ1) is 18.9. The van der Waals surface area contributed by atoms with Crippen LogP contribution in [0.5, 0.6) is 5.75 Å². The molecule has 0 fully saturated rings. The van der Waals surface area contributed by atoms with E-state index in [9.17, 15) is 9.59 Å². The highest BCUT2D eigenvalue weighted by atomic mass is 32.2. The molecule has 0 bridgehead atoms. The van der Waals surface area contributed by atoms with Crippen LogP contribution in [0, 0.1) is 0 Å². The minimum absolute atomic E-state index is 0.409. The third-order valence-corrected chi connectivity index (χ3v) is 4.17. The molecule has 6 heteroatoms. The topological polar surface area (TPSA) is 64.6 Å². The summed E-state index contributed by atoms with van der Waals surface area (Å²) in [4.78, 5) is 25.5. The van der Waals surface area contributed by atoms with Gasteiger partial charge in [0.25, 0.3) is 5.91 Å². The Morgan fingerprint density at radius 2 is 1.80 bits per heavy atom. The van der Waals surface area contributed by atoms with E-state index < -0.39 is 18.0 Å². The molecule has 1 N–H and O–H groups in total. The number of hydrogen-bond acceptors (Lipinski definition) is 5. The summed E-state index contributed by atoms with van der Waals surface area (Å²) in [5.74, 6) is -0.376. The number of anilines is 1. The fourth-order valence-electron chi connectivity index (χ4n) is 2.09. The number of carbonyl (C=O) groups excluding carboxylic acids is 2. The van der Waals surface area contributed by atoms with E-state index in [1.807, 2.05) is 31.4 Å². The third kappa shape index (κ3) is 5.26. The van der Waals surface area contributed by atoms with E-state index in [1.165, 1.54) is 6.92 Å². The molecule has 1 amide bonds. The minimum atomic E-state index is -0.928. The highest BCUT2D eigenvalue weighted by Gasteiger charge is 2.20. The fraction of sp³-hybridized carbons (Fsp3) is 0.263. The predicted molar refractivity (Wildman–Crippen MR) is 99.3 cm³/mol. The summed E-state index contributed by atoms with van der Waals surface area (Å²) in [5.41, 5.74) is 0.953. The maximum Gasteiger partial charge on any atom is 0.338 e. The Hall–Kier alpha value is -2.47. The smallest absolute Gasteiger partial charge is 0.338 e. The van der Waals surface area contributed by atoms with Crippen LogP contribution in [0.2, 0.25) is 0 Å². The van der Waals surface area contributed by atoms with Crippen molar-refractivity contribution in [3.8, 4) is 5.75 Å². The van der Waals surface area contributed by atoms with Gasteiger partial charge in [-0.05, 0) is 56.5 Å². The van der Waals surface area contributed by atoms with Gasteiger partial charge < -0.3 is 14.8 Å². The van der Waals surface area contributed by atoms with E-state index in [0.29, 0.717) is 23.6 Å². The summed E-state index contributed by atoms with van der Waals surface area (Å²) < 4.78 is 10.7. The first-order valence-electron chi connectivity index (χ1n) is 7.93. The zero-order valence-electron chi connectivity index (χ0n) is 14.4. The first-order chi connectivity index (χ1) is 12.0. The van der Waals surface area contributed by atoms with Crippen LogP contribution in [0.3, 0.4) is 0 Å². The lowest BCUT2D eigenvalue weighted by Gasteiger charge is -2.15. The van der Waals surface area contributed by atoms with Gasteiger partial charge in [-0.1, -0.05) is 12.1 Å². The number of carbonyl (C=O) groups is 2. The summed E-state index contributed by atoms with van der Waals surface area (Å²) >= 11 is 1.59. The number of benzene rings is 2. The van der Waals surface area contributed by atoms with Crippen LogP contribution in [0.15, 0.2) is 53.4 Å². The van der Waals surface area contributed by atoms with Crippen LogP contribution in [-0.2, 0) is 9.53 Å². The summed E-state index contributed by atoms with van der Waals surface area (Å²) in [6, 6.07) is 14.2. The van der Waals surface area contributed by atoms with Crippen LogP contribution >= 0.6 is 11.8 Å². The largest absolute Gasteiger partial charge is 0.492 e. The van der Waals surface area contributed by atoms with Gasteiger partial charge in [-0.3, -0.25) is 4.79 Å². The standard InChI is InChI=1S/C19H21NO4S/c1-4-23-17-8-6-5-7-16(17)20-18(21)13(2)24-19(22)14-9-11-15(25-3)12-10-14/h5-13H,4H2,1-3H3,(H,20,21)/t13-/m0/s1. The van der Waals surface area contributed by atoms with Crippen LogP contribution in [-0.4, -0.2) is 30.8 Å². The van der Waals surface area contributed by atoms with E-state index in [0.717, 1.165) is 4.90 Å². The highest BCUT2D eigenvalue weighted by Crippen LogP contribution is 2.24. The van der Waals surface area contributed by atoms with Gasteiger partial charge in [0, 0.05) is 4.90 Å². The lowest BCUT2D eigenvalue weighted by molar-refractivity contribution is -0.123. The third-order valence-electron chi connectivity index (χ3n) is 3.42. The molecule has 1 atom stereocenters. The number of ether oxygens (including phenoxy) is 2. The van der Waals surface area contributed by atoms with Crippen molar-refractivity contribution in [1.82, 2.24) is 0 Å². The molecule has 0 aliphatic rings. The van der Waals surface area contributed by atoms with E-state index in [1.54, 1.807) is 42.1 Å². The van der Waals surface area contributed by atoms with Gasteiger partial charge in [0.2, 0.25) is 0 Å². The number of thioether (sulfide) groups is 1. The van der Waals surface area contributed by atoms with E-state index in [2.05, 4.69) is 5.32 Å². The fourth-order valence-corrected chi connectivity index (χ4v) is 2.50. The summed E-state index contributed by atoms with van der Waals surface area (Å²) in [7, 11) is 0. The molecule has 2 aromatic carbocycles. The quantitative estimate of drug-likeness (QED) is 0.598. The molecule has 0 heterocycles. The molecule has 0 saturated heterocycles. The van der Waals surface area contributed by atoms with Crippen molar-refractivity contribution >= 4 is 29.3 Å². The molecule has 0 unspecified atom stereocenters. The average molecular weight is 359 g/mol. The number of hydrogen-bond donors (Lipinski definition) is 1. The molecule has 0 radical (unpaired) electrons. The van der Waals surface area contributed by atoms with Gasteiger partial charge in [0.1, 0.15) is 5.75 Å². The second kappa shape index (κ2) is 9.13. The summed E-state index contributed by atoms with van der Waals surface area (Å²) in [6.45, 7) is 3.89. The van der Waals surface area contributed by atoms with Crippen LogP contribution in [0.1, 0.15) is 24.2 Å². The van der Waals surface area contributed by atoms with Gasteiger partial charge in [0.05, 0.1) is 17.9 Å². The summed E-state index contributed by atoms with van der Waals surface area (Å²) in [6.07, 6.45) is 1.03. The Labute approximate surface area is 151 Å². The van der Waals surface area contributed by atoms with Crippen molar-refractivity contribution in [2.45, 2.75) is 24.8 Å². The van der Waals surface area contributed by atoms with Crippen LogP contribution < -0.4 is 10.1 Å².